The van der Waals surface area contributed by atoms with Crippen LogP contribution in [0, 0.1) is 0 Å². The highest BCUT2D eigenvalue weighted by Crippen LogP contribution is 2.41. The van der Waals surface area contributed by atoms with Gasteiger partial charge >= 0.3 is 0 Å². The summed E-state index contributed by atoms with van der Waals surface area (Å²) in [5.41, 5.74) is 1.86. The zero-order valence-electron chi connectivity index (χ0n) is 18.2. The highest BCUT2D eigenvalue weighted by Gasteiger charge is 2.34. The number of carbonyl (C=O) groups excluding carboxylic acids is 1. The van der Waals surface area contributed by atoms with Crippen LogP contribution in [0.3, 0.4) is 0 Å². The van der Waals surface area contributed by atoms with Crippen molar-refractivity contribution in [1.29, 1.82) is 0 Å². The molecule has 0 aromatic heterocycles. The molecule has 1 aliphatic rings. The molecule has 0 aliphatic carbocycles. The minimum atomic E-state index is -0.372. The molecule has 0 fully saturated rings. The normalized spacial score (nSPS) is 17.7. The van der Waals surface area contributed by atoms with Crippen LogP contribution in [-0.4, -0.2) is 25.2 Å². The maximum absolute atomic E-state index is 12.6. The van der Waals surface area contributed by atoms with E-state index in [0.717, 1.165) is 17.1 Å². The zero-order valence-corrected chi connectivity index (χ0v) is 18.2. The Kier molecular flexibility index (Phi) is 5.78. The zero-order chi connectivity index (χ0) is 21.2. The molecule has 2 aromatic rings. The number of ether oxygens (including phenoxy) is 3. The van der Waals surface area contributed by atoms with Gasteiger partial charge < -0.3 is 19.5 Å². The van der Waals surface area contributed by atoms with Gasteiger partial charge in [-0.15, -0.1) is 0 Å². The third kappa shape index (κ3) is 5.22. The van der Waals surface area contributed by atoms with E-state index < -0.39 is 0 Å². The molecule has 0 spiro atoms. The lowest BCUT2D eigenvalue weighted by Crippen LogP contribution is -2.42. The van der Waals surface area contributed by atoms with Crippen LogP contribution in [0.25, 0.3) is 0 Å². The third-order valence-corrected chi connectivity index (χ3v) is 5.10. The standard InChI is InChI=1S/C24H31NO4/c1-23(2,3)16-7-9-17(10-8-16)28-15-22(26)25-20-14-24(4,5)29-21-12-11-18(27-6)13-19(20)21/h7-13,20H,14-15H2,1-6H3,(H,25,26)/t20-/m1/s1. The van der Waals surface area contributed by atoms with Crippen molar-refractivity contribution in [2.24, 2.45) is 0 Å². The lowest BCUT2D eigenvalue weighted by Gasteiger charge is -2.38. The molecule has 1 N–H and O–H groups in total. The summed E-state index contributed by atoms with van der Waals surface area (Å²) in [6, 6.07) is 13.4. The van der Waals surface area contributed by atoms with Gasteiger partial charge in [0.15, 0.2) is 6.61 Å². The average molecular weight is 398 g/mol. The molecule has 0 saturated heterocycles. The smallest absolute Gasteiger partial charge is 0.258 e. The summed E-state index contributed by atoms with van der Waals surface area (Å²) in [5, 5.41) is 3.09. The summed E-state index contributed by atoms with van der Waals surface area (Å²) < 4.78 is 17.1. The van der Waals surface area contributed by atoms with Gasteiger partial charge in [0, 0.05) is 12.0 Å². The summed E-state index contributed by atoms with van der Waals surface area (Å²) in [4.78, 5) is 12.6. The van der Waals surface area contributed by atoms with Crippen LogP contribution in [0.15, 0.2) is 42.5 Å². The molecule has 0 unspecified atom stereocenters. The molecule has 3 rings (SSSR count). The molecule has 156 valence electrons. The Morgan fingerprint density at radius 3 is 2.41 bits per heavy atom. The molecular weight excluding hydrogens is 366 g/mol. The summed E-state index contributed by atoms with van der Waals surface area (Å²) in [6.45, 7) is 10.5. The third-order valence-electron chi connectivity index (χ3n) is 5.10. The number of rotatable bonds is 5. The van der Waals surface area contributed by atoms with Crippen LogP contribution in [0.4, 0.5) is 0 Å². The van der Waals surface area contributed by atoms with Crippen molar-refractivity contribution in [3.05, 3.63) is 53.6 Å². The Bertz CT molecular complexity index is 865. The minimum Gasteiger partial charge on any atom is -0.497 e. The fraction of sp³-hybridized carbons (Fsp3) is 0.458. The van der Waals surface area contributed by atoms with Gasteiger partial charge in [-0.1, -0.05) is 32.9 Å². The van der Waals surface area contributed by atoms with Gasteiger partial charge in [-0.3, -0.25) is 4.79 Å². The van der Waals surface area contributed by atoms with Gasteiger partial charge in [-0.2, -0.15) is 0 Å². The van der Waals surface area contributed by atoms with E-state index in [-0.39, 0.29) is 29.6 Å². The quantitative estimate of drug-likeness (QED) is 0.788. The largest absolute Gasteiger partial charge is 0.497 e. The number of nitrogens with one attached hydrogen (secondary N) is 1. The highest BCUT2D eigenvalue weighted by molar-refractivity contribution is 5.78. The Labute approximate surface area is 173 Å². The van der Waals surface area contributed by atoms with Crippen molar-refractivity contribution in [1.82, 2.24) is 5.32 Å². The second-order valence-electron chi connectivity index (χ2n) is 9.15. The van der Waals surface area contributed by atoms with Gasteiger partial charge in [-0.05, 0) is 55.2 Å². The Morgan fingerprint density at radius 2 is 1.79 bits per heavy atom. The number of carbonyl (C=O) groups is 1. The van der Waals surface area contributed by atoms with Crippen LogP contribution >= 0.6 is 0 Å². The van der Waals surface area contributed by atoms with E-state index in [4.69, 9.17) is 14.2 Å². The molecule has 1 aliphatic heterocycles. The molecule has 2 aromatic carbocycles. The van der Waals surface area contributed by atoms with E-state index in [2.05, 4.69) is 26.1 Å². The summed E-state index contributed by atoms with van der Waals surface area (Å²) >= 11 is 0. The lowest BCUT2D eigenvalue weighted by molar-refractivity contribution is -0.124. The van der Waals surface area contributed by atoms with E-state index in [1.165, 1.54) is 5.56 Å². The van der Waals surface area contributed by atoms with Crippen molar-refractivity contribution >= 4 is 5.91 Å². The van der Waals surface area contributed by atoms with Crippen LogP contribution in [0.2, 0.25) is 0 Å². The first-order chi connectivity index (χ1) is 13.6. The molecule has 0 saturated carbocycles. The molecule has 29 heavy (non-hydrogen) atoms. The van der Waals surface area contributed by atoms with E-state index >= 15 is 0 Å². The highest BCUT2D eigenvalue weighted by atomic mass is 16.5. The topological polar surface area (TPSA) is 56.8 Å². The predicted octanol–water partition coefficient (Wildman–Crippen LogP) is 4.79. The number of hydrogen-bond donors (Lipinski definition) is 1. The molecular formula is C24H31NO4. The monoisotopic (exact) mass is 397 g/mol. The van der Waals surface area contributed by atoms with Gasteiger partial charge in [0.05, 0.1) is 13.2 Å². The second-order valence-corrected chi connectivity index (χ2v) is 9.15. The lowest BCUT2D eigenvalue weighted by atomic mass is 9.87. The van der Waals surface area contributed by atoms with Crippen molar-refractivity contribution in [2.75, 3.05) is 13.7 Å². The van der Waals surface area contributed by atoms with Crippen LogP contribution in [-0.2, 0) is 10.2 Å². The molecule has 1 amide bonds. The van der Waals surface area contributed by atoms with Crippen molar-refractivity contribution in [3.63, 3.8) is 0 Å². The summed E-state index contributed by atoms with van der Waals surface area (Å²) in [7, 11) is 1.63. The van der Waals surface area contributed by atoms with Crippen molar-refractivity contribution in [3.8, 4) is 17.2 Å². The van der Waals surface area contributed by atoms with Crippen molar-refractivity contribution in [2.45, 2.75) is 58.1 Å². The van der Waals surface area contributed by atoms with E-state index in [9.17, 15) is 4.79 Å². The minimum absolute atomic E-state index is 0.0358. The fourth-order valence-electron chi connectivity index (χ4n) is 3.52. The first kappa shape index (κ1) is 21.0. The molecule has 5 nitrogen and oxygen atoms in total. The van der Waals surface area contributed by atoms with Crippen LogP contribution in [0.5, 0.6) is 17.2 Å². The number of methoxy groups -OCH3 is 1. The van der Waals surface area contributed by atoms with Gasteiger partial charge in [-0.25, -0.2) is 0 Å². The SMILES string of the molecule is COc1ccc2c(c1)[C@H](NC(=O)COc1ccc(C(C)(C)C)cc1)CC(C)(C)O2. The van der Waals surface area contributed by atoms with E-state index in [1.54, 1.807) is 7.11 Å². The molecule has 5 heteroatoms. The molecule has 1 heterocycles. The van der Waals surface area contributed by atoms with Crippen LogP contribution < -0.4 is 19.5 Å². The van der Waals surface area contributed by atoms with Crippen LogP contribution in [0.1, 0.15) is 58.2 Å². The number of hydrogen-bond acceptors (Lipinski definition) is 4. The Balaban J connectivity index is 1.66. The number of amides is 1. The van der Waals surface area contributed by atoms with Gasteiger partial charge in [0.25, 0.3) is 5.91 Å². The first-order valence-corrected chi connectivity index (χ1v) is 9.97. The van der Waals surface area contributed by atoms with E-state index in [1.807, 2.05) is 56.3 Å². The summed E-state index contributed by atoms with van der Waals surface area (Å²) in [6.07, 6.45) is 0.666. The fourth-order valence-corrected chi connectivity index (χ4v) is 3.52. The maximum Gasteiger partial charge on any atom is 0.258 e. The first-order valence-electron chi connectivity index (χ1n) is 9.97. The second kappa shape index (κ2) is 7.97. The Morgan fingerprint density at radius 1 is 1.14 bits per heavy atom. The predicted molar refractivity (Wildman–Crippen MR) is 114 cm³/mol. The van der Waals surface area contributed by atoms with Crippen molar-refractivity contribution < 1.29 is 19.0 Å². The number of fused-ring (bicyclic) bond motifs is 1. The van der Waals surface area contributed by atoms with E-state index in [0.29, 0.717) is 12.2 Å². The summed E-state index contributed by atoms with van der Waals surface area (Å²) in [5.74, 6) is 2.02. The average Bonchev–Trinajstić information content (AvgIpc) is 2.65. The Hall–Kier alpha value is -2.69. The van der Waals surface area contributed by atoms with Gasteiger partial charge in [0.2, 0.25) is 0 Å². The number of benzene rings is 2. The molecule has 0 bridgehead atoms. The maximum atomic E-state index is 12.6. The van der Waals surface area contributed by atoms with Gasteiger partial charge in [0.1, 0.15) is 22.8 Å². The molecule has 0 radical (unpaired) electrons. The molecule has 1 atom stereocenters.